The smallest absolute Gasteiger partial charge is 0.249 e. The van der Waals surface area contributed by atoms with Gasteiger partial charge in [-0.1, -0.05) is 351 Å². The highest BCUT2D eigenvalue weighted by molar-refractivity contribution is 5.80. The molecule has 4 unspecified atom stereocenters. The molecule has 6 heteroatoms. The number of hydrogen-bond acceptors (Lipinski definition) is 5. The van der Waals surface area contributed by atoms with Crippen LogP contribution < -0.4 is 5.32 Å². The Hall–Kier alpha value is -1.73. The van der Waals surface area contributed by atoms with Crippen LogP contribution in [0, 0.1) is 0 Å². The second-order valence-electron chi connectivity index (χ2n) is 24.9. The van der Waals surface area contributed by atoms with Crippen LogP contribution in [0.4, 0.5) is 0 Å². The van der Waals surface area contributed by atoms with Gasteiger partial charge in [0, 0.05) is 0 Å². The van der Waals surface area contributed by atoms with Crippen molar-refractivity contribution < 1.29 is 25.2 Å². The number of rotatable bonds is 67. The summed E-state index contributed by atoms with van der Waals surface area (Å²) in [5.41, 5.74) is 0. The van der Waals surface area contributed by atoms with Crippen LogP contribution in [0.3, 0.4) is 0 Å². The van der Waals surface area contributed by atoms with Gasteiger partial charge < -0.3 is 25.7 Å². The van der Waals surface area contributed by atoms with Gasteiger partial charge in [-0.3, -0.25) is 4.79 Å². The highest BCUT2D eigenvalue weighted by Gasteiger charge is 2.28. The molecule has 0 aromatic heterocycles. The van der Waals surface area contributed by atoms with Gasteiger partial charge in [-0.25, -0.2) is 0 Å². The predicted molar refractivity (Wildman–Crippen MR) is 353 cm³/mol. The molecule has 80 heavy (non-hydrogen) atoms. The van der Waals surface area contributed by atoms with Crippen molar-refractivity contribution in [3.05, 3.63) is 48.6 Å². The molecule has 472 valence electrons. The number of unbranched alkanes of at least 4 members (excludes halogenated alkanes) is 50. The molecule has 0 spiro atoms. The topological polar surface area (TPSA) is 110 Å². The Morgan fingerprint density at radius 1 is 0.312 bits per heavy atom. The van der Waals surface area contributed by atoms with Gasteiger partial charge in [-0.15, -0.1) is 0 Å². The van der Waals surface area contributed by atoms with Crippen LogP contribution in [0.1, 0.15) is 386 Å². The lowest BCUT2D eigenvalue weighted by Crippen LogP contribution is -2.53. The Labute approximate surface area is 500 Å². The maximum Gasteiger partial charge on any atom is 0.249 e. The minimum Gasteiger partial charge on any atom is -0.394 e. The number of allylic oxidation sites excluding steroid dienone is 8. The zero-order valence-electron chi connectivity index (χ0n) is 53.8. The summed E-state index contributed by atoms with van der Waals surface area (Å²) in [6.07, 6.45) is 89.6. The van der Waals surface area contributed by atoms with Crippen LogP contribution in [0.25, 0.3) is 0 Å². The summed E-state index contributed by atoms with van der Waals surface area (Å²) >= 11 is 0. The quantitative estimate of drug-likeness (QED) is 0.0308. The summed E-state index contributed by atoms with van der Waals surface area (Å²) in [6.45, 7) is 4.09. The molecule has 0 rings (SSSR count). The van der Waals surface area contributed by atoms with E-state index >= 15 is 0 Å². The zero-order chi connectivity index (χ0) is 58.0. The van der Waals surface area contributed by atoms with E-state index in [1.165, 1.54) is 308 Å². The molecular formula is C74H141NO5. The molecule has 0 aliphatic rings. The lowest BCUT2D eigenvalue weighted by molar-refractivity contribution is -0.132. The van der Waals surface area contributed by atoms with E-state index in [2.05, 4.69) is 67.8 Å². The van der Waals surface area contributed by atoms with E-state index in [4.69, 9.17) is 0 Å². The average molecular weight is 1120 g/mol. The number of amides is 1. The number of nitrogens with one attached hydrogen (secondary N) is 1. The molecule has 0 aromatic rings. The first kappa shape index (κ1) is 78.3. The molecular weight excluding hydrogens is 983 g/mol. The Morgan fingerprint density at radius 3 is 0.863 bits per heavy atom. The maximum atomic E-state index is 12.7. The van der Waals surface area contributed by atoms with E-state index in [0.717, 1.165) is 44.9 Å². The van der Waals surface area contributed by atoms with Crippen LogP contribution in [0.2, 0.25) is 0 Å². The number of aliphatic hydroxyl groups is 4. The number of carbonyl (C=O) groups is 1. The van der Waals surface area contributed by atoms with Crippen LogP contribution in [-0.2, 0) is 4.79 Å². The number of hydrogen-bond donors (Lipinski definition) is 5. The van der Waals surface area contributed by atoms with Gasteiger partial charge in [-0.2, -0.15) is 0 Å². The highest BCUT2D eigenvalue weighted by Crippen LogP contribution is 2.19. The minimum absolute atomic E-state index is 0.360. The summed E-state index contributed by atoms with van der Waals surface area (Å²) in [7, 11) is 0. The van der Waals surface area contributed by atoms with Gasteiger partial charge in [0.2, 0.25) is 5.91 Å². The van der Waals surface area contributed by atoms with E-state index < -0.39 is 36.9 Å². The van der Waals surface area contributed by atoms with E-state index in [0.29, 0.717) is 19.3 Å². The van der Waals surface area contributed by atoms with E-state index in [9.17, 15) is 25.2 Å². The number of carbonyl (C=O) groups excluding carboxylic acids is 1. The Morgan fingerprint density at radius 2 is 0.562 bits per heavy atom. The second kappa shape index (κ2) is 68.1. The van der Waals surface area contributed by atoms with Crippen LogP contribution in [-0.4, -0.2) is 57.3 Å². The largest absolute Gasteiger partial charge is 0.394 e. The first-order valence-electron chi connectivity index (χ1n) is 36.0. The summed E-state index contributed by atoms with van der Waals surface area (Å²) < 4.78 is 0. The van der Waals surface area contributed by atoms with Gasteiger partial charge in [-0.05, 0) is 83.5 Å². The third-order valence-electron chi connectivity index (χ3n) is 17.0. The van der Waals surface area contributed by atoms with Crippen molar-refractivity contribution in [3.8, 4) is 0 Å². The summed E-state index contributed by atoms with van der Waals surface area (Å²) in [6, 6.07) is -1.01. The fourth-order valence-corrected chi connectivity index (χ4v) is 11.4. The van der Waals surface area contributed by atoms with Crippen molar-refractivity contribution in [1.82, 2.24) is 5.32 Å². The number of aliphatic hydroxyl groups excluding tert-OH is 4. The van der Waals surface area contributed by atoms with Crippen molar-refractivity contribution in [2.24, 2.45) is 0 Å². The zero-order valence-corrected chi connectivity index (χ0v) is 53.8. The Balaban J connectivity index is 3.59. The molecule has 0 radical (unpaired) electrons. The molecule has 6 nitrogen and oxygen atoms in total. The lowest BCUT2D eigenvalue weighted by atomic mass is 10.00. The Bertz CT molecular complexity index is 1310. The normalized spacial score (nSPS) is 13.7. The van der Waals surface area contributed by atoms with E-state index in [-0.39, 0.29) is 0 Å². The van der Waals surface area contributed by atoms with Crippen molar-refractivity contribution >= 4 is 5.91 Å². The maximum absolute atomic E-state index is 12.7. The van der Waals surface area contributed by atoms with Crippen LogP contribution >= 0.6 is 0 Å². The van der Waals surface area contributed by atoms with Crippen molar-refractivity contribution in [2.75, 3.05) is 6.61 Å². The summed E-state index contributed by atoms with van der Waals surface area (Å²) in [5, 5.41) is 44.2. The minimum atomic E-state index is -1.29. The molecule has 0 aliphatic carbocycles. The van der Waals surface area contributed by atoms with Gasteiger partial charge >= 0.3 is 0 Å². The highest BCUT2D eigenvalue weighted by atomic mass is 16.3. The van der Waals surface area contributed by atoms with Gasteiger partial charge in [0.05, 0.1) is 18.8 Å². The van der Waals surface area contributed by atoms with Crippen LogP contribution in [0.5, 0.6) is 0 Å². The van der Waals surface area contributed by atoms with E-state index in [1.807, 2.05) is 0 Å². The fraction of sp³-hybridized carbons (Fsp3) is 0.878. The molecule has 0 aromatic carbocycles. The van der Waals surface area contributed by atoms with E-state index in [1.54, 1.807) is 0 Å². The standard InChI is InChI=1S/C74H141NO5/c1-3-5-7-9-11-13-15-17-19-21-23-25-27-29-31-33-35-37-39-41-43-45-47-49-51-53-55-57-59-61-63-65-67-71(77)73(79)70(69-76)75-74(80)72(78)68-66-64-62-60-58-56-54-52-50-48-46-44-42-40-38-36-34-32-30-28-26-24-22-20-18-16-14-12-10-8-6-4-2/h24,26,30,32,51,53,59,61,70-73,76-79H,3-23,25,27-29,31,33-50,52,54-58,60,62-69H2,1-2H3,(H,75,80)/b26-24-,32-30-,53-51+,61-59+. The van der Waals surface area contributed by atoms with Crippen molar-refractivity contribution in [3.63, 3.8) is 0 Å². The van der Waals surface area contributed by atoms with Gasteiger partial charge in [0.1, 0.15) is 12.2 Å². The predicted octanol–water partition coefficient (Wildman–Crippen LogP) is 22.4. The lowest BCUT2D eigenvalue weighted by Gasteiger charge is -2.27. The van der Waals surface area contributed by atoms with Crippen LogP contribution in [0.15, 0.2) is 48.6 Å². The summed E-state index contributed by atoms with van der Waals surface area (Å²) in [5.74, 6) is -0.593. The molecule has 0 heterocycles. The molecule has 0 aliphatic heterocycles. The average Bonchev–Trinajstić information content (AvgIpc) is 3.46. The third-order valence-corrected chi connectivity index (χ3v) is 17.0. The summed E-state index contributed by atoms with van der Waals surface area (Å²) in [4.78, 5) is 12.7. The third kappa shape index (κ3) is 60.8. The molecule has 0 saturated carbocycles. The second-order valence-corrected chi connectivity index (χ2v) is 24.9. The van der Waals surface area contributed by atoms with Crippen molar-refractivity contribution in [2.45, 2.75) is 411 Å². The fourth-order valence-electron chi connectivity index (χ4n) is 11.4. The first-order valence-corrected chi connectivity index (χ1v) is 36.0. The van der Waals surface area contributed by atoms with Gasteiger partial charge in [0.15, 0.2) is 0 Å². The SMILES string of the molecule is CCCCCCCCCCC/C=C\C/C=C\CCCCCCCCCCCCCCCCCCC(O)C(=O)NC(CO)C(O)C(O)CCC/C=C/CC/C=C/CCCCCCCCCCCCCCCCCCCCCCCCC. The monoisotopic (exact) mass is 1120 g/mol. The Kier molecular flexibility index (Phi) is 66.6. The van der Waals surface area contributed by atoms with Crippen molar-refractivity contribution in [1.29, 1.82) is 0 Å². The first-order chi connectivity index (χ1) is 39.5. The molecule has 4 atom stereocenters. The molecule has 1 amide bonds. The molecule has 0 fully saturated rings. The van der Waals surface area contributed by atoms with Gasteiger partial charge in [0.25, 0.3) is 0 Å². The molecule has 0 saturated heterocycles. The molecule has 0 bridgehead atoms. The molecule has 5 N–H and O–H groups in total.